The zero-order valence-electron chi connectivity index (χ0n) is 7.16. The highest BCUT2D eigenvalue weighted by atomic mass is 16.1. The first kappa shape index (κ1) is 7.40. The number of aryl methyl sites for hydroxylation is 1. The highest BCUT2D eigenvalue weighted by Crippen LogP contribution is 2.17. The average Bonchev–Trinajstić information content (AvgIpc) is 2.47. The molecule has 0 aliphatic carbocycles. The van der Waals surface area contributed by atoms with E-state index in [1.807, 2.05) is 4.90 Å². The highest BCUT2D eigenvalue weighted by Gasteiger charge is 2.16. The summed E-state index contributed by atoms with van der Waals surface area (Å²) < 4.78 is 2.14. The monoisotopic (exact) mass is 164 g/mol. The molecule has 0 atom stereocenters. The van der Waals surface area contributed by atoms with E-state index in [1.165, 1.54) is 11.3 Å². The first-order valence-corrected chi connectivity index (χ1v) is 4.13. The molecule has 3 heteroatoms. The van der Waals surface area contributed by atoms with E-state index >= 15 is 0 Å². The number of hydrogen-bond donors (Lipinski definition) is 0. The van der Waals surface area contributed by atoms with Crippen LogP contribution >= 0.6 is 0 Å². The van der Waals surface area contributed by atoms with Crippen molar-refractivity contribution in [3.05, 3.63) is 23.5 Å². The number of amides is 1. The third-order valence-electron chi connectivity index (χ3n) is 2.45. The molecule has 64 valence electrons. The van der Waals surface area contributed by atoms with Gasteiger partial charge in [0.25, 0.3) is 0 Å². The van der Waals surface area contributed by atoms with Gasteiger partial charge in [-0.3, -0.25) is 4.79 Å². The van der Waals surface area contributed by atoms with Gasteiger partial charge in [0.15, 0.2) is 0 Å². The van der Waals surface area contributed by atoms with Crippen molar-refractivity contribution < 1.29 is 4.79 Å². The third kappa shape index (κ3) is 1.02. The minimum atomic E-state index is 0.777. The average molecular weight is 164 g/mol. The van der Waals surface area contributed by atoms with Crippen molar-refractivity contribution in [2.24, 2.45) is 7.05 Å². The molecule has 0 fully saturated rings. The second-order valence-corrected chi connectivity index (χ2v) is 3.22. The van der Waals surface area contributed by atoms with E-state index in [-0.39, 0.29) is 0 Å². The zero-order chi connectivity index (χ0) is 8.55. The molecule has 0 N–H and O–H groups in total. The number of hydrogen-bond acceptors (Lipinski definition) is 1. The van der Waals surface area contributed by atoms with Crippen molar-refractivity contribution in [3.63, 3.8) is 0 Å². The Morgan fingerprint density at radius 1 is 1.58 bits per heavy atom. The van der Waals surface area contributed by atoms with Gasteiger partial charge in [-0.15, -0.1) is 0 Å². The lowest BCUT2D eigenvalue weighted by molar-refractivity contribution is -0.118. The quantitative estimate of drug-likeness (QED) is 0.556. The fraction of sp³-hybridized carbons (Fsp3) is 0.444. The van der Waals surface area contributed by atoms with Crippen molar-refractivity contribution in [2.75, 3.05) is 6.54 Å². The molecule has 1 aromatic rings. The van der Waals surface area contributed by atoms with Gasteiger partial charge in [-0.2, -0.15) is 0 Å². The maximum Gasteiger partial charge on any atom is 0.210 e. The number of carbonyl (C=O) groups is 1. The lowest BCUT2D eigenvalue weighted by Gasteiger charge is -2.23. The summed E-state index contributed by atoms with van der Waals surface area (Å²) in [6.07, 6.45) is 3.96. The van der Waals surface area contributed by atoms with Crippen LogP contribution in [0.1, 0.15) is 11.3 Å². The van der Waals surface area contributed by atoms with Crippen molar-refractivity contribution in [1.29, 1.82) is 0 Å². The van der Waals surface area contributed by atoms with E-state index in [9.17, 15) is 4.79 Å². The fourth-order valence-corrected chi connectivity index (χ4v) is 1.73. The van der Waals surface area contributed by atoms with Crippen LogP contribution in [0.3, 0.4) is 0 Å². The second kappa shape index (κ2) is 2.66. The predicted octanol–water partition coefficient (Wildman–Crippen LogP) is 0.540. The minimum absolute atomic E-state index is 0.777. The first-order valence-electron chi connectivity index (χ1n) is 4.13. The number of nitrogens with zero attached hydrogens (tertiary/aromatic N) is 2. The Morgan fingerprint density at radius 2 is 2.42 bits per heavy atom. The van der Waals surface area contributed by atoms with Crippen LogP contribution in [0.5, 0.6) is 0 Å². The molecule has 0 saturated carbocycles. The molecule has 1 aromatic heterocycles. The maximum absolute atomic E-state index is 10.5. The zero-order valence-corrected chi connectivity index (χ0v) is 7.16. The van der Waals surface area contributed by atoms with Gasteiger partial charge < -0.3 is 9.47 Å². The Balaban J connectivity index is 2.30. The van der Waals surface area contributed by atoms with E-state index in [2.05, 4.69) is 23.9 Å². The lowest BCUT2D eigenvalue weighted by Crippen LogP contribution is -2.29. The topological polar surface area (TPSA) is 25.2 Å². The molecule has 0 saturated heterocycles. The Labute approximate surface area is 71.6 Å². The van der Waals surface area contributed by atoms with E-state index in [0.717, 1.165) is 25.9 Å². The van der Waals surface area contributed by atoms with Crippen molar-refractivity contribution in [1.82, 2.24) is 9.47 Å². The molecule has 2 rings (SSSR count). The van der Waals surface area contributed by atoms with E-state index < -0.39 is 0 Å². The van der Waals surface area contributed by atoms with Crippen LogP contribution in [0.2, 0.25) is 0 Å². The summed E-state index contributed by atoms with van der Waals surface area (Å²) in [6.45, 7) is 1.63. The standard InChI is InChI=1S/C9H12N2O/c1-10-4-2-8-6-11(7-12)5-3-9(8)10/h2,4,7H,3,5-6H2,1H3. The van der Waals surface area contributed by atoms with Gasteiger partial charge in [0.1, 0.15) is 0 Å². The van der Waals surface area contributed by atoms with Crippen LogP contribution in [0, 0.1) is 0 Å². The summed E-state index contributed by atoms with van der Waals surface area (Å²) in [4.78, 5) is 12.3. The molecular weight excluding hydrogens is 152 g/mol. The van der Waals surface area contributed by atoms with Crippen molar-refractivity contribution in [2.45, 2.75) is 13.0 Å². The molecule has 1 amide bonds. The minimum Gasteiger partial charge on any atom is -0.354 e. The van der Waals surface area contributed by atoms with E-state index in [4.69, 9.17) is 0 Å². The van der Waals surface area contributed by atoms with Gasteiger partial charge in [-0.05, 0) is 11.6 Å². The number of carbonyl (C=O) groups excluding carboxylic acids is 1. The van der Waals surface area contributed by atoms with Crippen LogP contribution in [0.4, 0.5) is 0 Å². The van der Waals surface area contributed by atoms with Crippen LogP contribution in [0.25, 0.3) is 0 Å². The van der Waals surface area contributed by atoms with E-state index in [1.54, 1.807) is 0 Å². The van der Waals surface area contributed by atoms with Gasteiger partial charge in [-0.1, -0.05) is 0 Å². The lowest BCUT2D eigenvalue weighted by atomic mass is 10.1. The summed E-state index contributed by atoms with van der Waals surface area (Å²) in [5.74, 6) is 0. The normalized spacial score (nSPS) is 15.9. The summed E-state index contributed by atoms with van der Waals surface area (Å²) in [6, 6.07) is 2.09. The van der Waals surface area contributed by atoms with Gasteiger partial charge in [0, 0.05) is 38.4 Å². The molecule has 0 spiro atoms. The Hall–Kier alpha value is -1.25. The Kier molecular flexibility index (Phi) is 1.64. The largest absolute Gasteiger partial charge is 0.354 e. The van der Waals surface area contributed by atoms with Gasteiger partial charge >= 0.3 is 0 Å². The summed E-state index contributed by atoms with van der Waals surface area (Å²) >= 11 is 0. The van der Waals surface area contributed by atoms with Crippen LogP contribution in [0.15, 0.2) is 12.3 Å². The highest BCUT2D eigenvalue weighted by molar-refractivity contribution is 5.48. The molecule has 2 heterocycles. The van der Waals surface area contributed by atoms with Crippen LogP contribution in [-0.2, 0) is 24.8 Å². The smallest absolute Gasteiger partial charge is 0.210 e. The SMILES string of the molecule is Cn1ccc2c1CCN(C=O)C2. The fourth-order valence-electron chi connectivity index (χ4n) is 1.73. The van der Waals surface area contributed by atoms with E-state index in [0.29, 0.717) is 0 Å². The van der Waals surface area contributed by atoms with Gasteiger partial charge in [-0.25, -0.2) is 0 Å². The Bertz CT molecular complexity index is 303. The van der Waals surface area contributed by atoms with Crippen molar-refractivity contribution in [3.8, 4) is 0 Å². The molecule has 0 radical (unpaired) electrons. The van der Waals surface area contributed by atoms with Crippen LogP contribution < -0.4 is 0 Å². The summed E-state index contributed by atoms with van der Waals surface area (Å²) in [5, 5.41) is 0. The third-order valence-corrected chi connectivity index (χ3v) is 2.45. The molecule has 1 aliphatic heterocycles. The summed E-state index contributed by atoms with van der Waals surface area (Å²) in [7, 11) is 2.05. The van der Waals surface area contributed by atoms with Gasteiger partial charge in [0.2, 0.25) is 6.41 Å². The molecule has 12 heavy (non-hydrogen) atoms. The maximum atomic E-state index is 10.5. The van der Waals surface area contributed by atoms with Crippen molar-refractivity contribution >= 4 is 6.41 Å². The first-order chi connectivity index (χ1) is 5.81. The predicted molar refractivity (Wildman–Crippen MR) is 45.6 cm³/mol. The molecule has 0 aromatic carbocycles. The molecule has 0 bridgehead atoms. The number of aromatic nitrogens is 1. The van der Waals surface area contributed by atoms with Gasteiger partial charge in [0.05, 0.1) is 0 Å². The number of rotatable bonds is 1. The Morgan fingerprint density at radius 3 is 3.17 bits per heavy atom. The summed E-state index contributed by atoms with van der Waals surface area (Å²) in [5.41, 5.74) is 2.66. The second-order valence-electron chi connectivity index (χ2n) is 3.22. The molecular formula is C9H12N2O. The molecule has 3 nitrogen and oxygen atoms in total. The molecule has 1 aliphatic rings. The van der Waals surface area contributed by atoms with Crippen LogP contribution in [-0.4, -0.2) is 22.4 Å². The molecule has 0 unspecified atom stereocenters. The number of fused-ring (bicyclic) bond motifs is 1.